The van der Waals surface area contributed by atoms with Crippen molar-refractivity contribution in [3.8, 4) is 0 Å². The normalized spacial score (nSPS) is 23.1. The van der Waals surface area contributed by atoms with Crippen molar-refractivity contribution in [2.45, 2.75) is 31.1 Å². The zero-order chi connectivity index (χ0) is 13.8. The van der Waals surface area contributed by atoms with Gasteiger partial charge in [-0.2, -0.15) is 0 Å². The highest BCUT2D eigenvalue weighted by atomic mass is 79.9. The number of nitrogens with one attached hydrogen (secondary N) is 1. The van der Waals surface area contributed by atoms with Crippen molar-refractivity contribution in [1.29, 1.82) is 0 Å². The standard InChI is InChI=1S/C14H16BrCl2NO/c15-13-7-11(17)4-5-12(13)14(19)18-8-9-2-1-3-10(16)6-9/h4-5,7,9-10H,1-3,6,8H2,(H,18,19). The molecule has 1 amide bonds. The molecule has 1 fully saturated rings. The number of carbonyl (C=O) groups excluding carboxylic acids is 1. The van der Waals surface area contributed by atoms with Crippen LogP contribution in [0.2, 0.25) is 5.02 Å². The van der Waals surface area contributed by atoms with E-state index in [2.05, 4.69) is 21.2 Å². The maximum absolute atomic E-state index is 12.1. The molecule has 2 atom stereocenters. The number of rotatable bonds is 3. The Balaban J connectivity index is 1.90. The van der Waals surface area contributed by atoms with Gasteiger partial charge in [0.25, 0.3) is 5.91 Å². The zero-order valence-electron chi connectivity index (χ0n) is 10.5. The molecule has 0 radical (unpaired) electrons. The minimum Gasteiger partial charge on any atom is -0.352 e. The van der Waals surface area contributed by atoms with Gasteiger partial charge in [-0.3, -0.25) is 4.79 Å². The second-order valence-electron chi connectivity index (χ2n) is 4.96. The lowest BCUT2D eigenvalue weighted by Gasteiger charge is -2.25. The molecule has 0 saturated heterocycles. The van der Waals surface area contributed by atoms with Crippen LogP contribution in [0.3, 0.4) is 0 Å². The van der Waals surface area contributed by atoms with Crippen molar-refractivity contribution >= 4 is 45.0 Å². The minimum atomic E-state index is -0.0692. The van der Waals surface area contributed by atoms with Crippen LogP contribution in [0.25, 0.3) is 0 Å². The predicted molar refractivity (Wildman–Crippen MR) is 83.1 cm³/mol. The molecule has 1 aromatic carbocycles. The van der Waals surface area contributed by atoms with Gasteiger partial charge in [-0.05, 0) is 59.3 Å². The van der Waals surface area contributed by atoms with Crippen LogP contribution in [0, 0.1) is 5.92 Å². The molecule has 0 spiro atoms. The zero-order valence-corrected chi connectivity index (χ0v) is 13.6. The summed E-state index contributed by atoms with van der Waals surface area (Å²) in [4.78, 5) is 12.1. The lowest BCUT2D eigenvalue weighted by molar-refractivity contribution is 0.0943. The van der Waals surface area contributed by atoms with E-state index in [1.165, 1.54) is 0 Å². The van der Waals surface area contributed by atoms with Crippen LogP contribution in [0.1, 0.15) is 36.0 Å². The first-order valence-corrected chi connectivity index (χ1v) is 8.04. The summed E-state index contributed by atoms with van der Waals surface area (Å²) in [6.45, 7) is 0.692. The summed E-state index contributed by atoms with van der Waals surface area (Å²) in [5.41, 5.74) is 0.614. The van der Waals surface area contributed by atoms with Crippen molar-refractivity contribution in [3.63, 3.8) is 0 Å². The summed E-state index contributed by atoms with van der Waals surface area (Å²) in [6, 6.07) is 5.18. The third-order valence-corrected chi connectivity index (χ3v) is 4.73. The van der Waals surface area contributed by atoms with Crippen LogP contribution in [0.4, 0.5) is 0 Å². The number of halogens is 3. The van der Waals surface area contributed by atoms with Crippen molar-refractivity contribution in [2.75, 3.05) is 6.54 Å². The SMILES string of the molecule is O=C(NCC1CCCC(Cl)C1)c1ccc(Cl)cc1Br. The molecule has 0 aromatic heterocycles. The van der Waals surface area contributed by atoms with E-state index in [0.29, 0.717) is 23.0 Å². The molecule has 2 unspecified atom stereocenters. The summed E-state index contributed by atoms with van der Waals surface area (Å²) < 4.78 is 0.719. The Morgan fingerprint density at radius 1 is 1.42 bits per heavy atom. The average Bonchev–Trinajstić information content (AvgIpc) is 2.36. The van der Waals surface area contributed by atoms with Crippen molar-refractivity contribution < 1.29 is 4.79 Å². The molecule has 0 aliphatic heterocycles. The van der Waals surface area contributed by atoms with Gasteiger partial charge >= 0.3 is 0 Å². The van der Waals surface area contributed by atoms with E-state index in [-0.39, 0.29) is 11.3 Å². The van der Waals surface area contributed by atoms with Crippen LogP contribution >= 0.6 is 39.1 Å². The highest BCUT2D eigenvalue weighted by molar-refractivity contribution is 9.10. The molecule has 2 rings (SSSR count). The number of benzene rings is 1. The van der Waals surface area contributed by atoms with Crippen LogP contribution in [-0.2, 0) is 0 Å². The monoisotopic (exact) mass is 363 g/mol. The number of hydrogen-bond acceptors (Lipinski definition) is 1. The molecular weight excluding hydrogens is 349 g/mol. The molecule has 19 heavy (non-hydrogen) atoms. The lowest BCUT2D eigenvalue weighted by atomic mass is 9.89. The largest absolute Gasteiger partial charge is 0.352 e. The van der Waals surface area contributed by atoms with Crippen LogP contribution < -0.4 is 5.32 Å². The minimum absolute atomic E-state index is 0.0692. The first kappa shape index (κ1) is 15.1. The third kappa shape index (κ3) is 4.37. The number of amides is 1. The van der Waals surface area contributed by atoms with Crippen LogP contribution in [0.15, 0.2) is 22.7 Å². The summed E-state index contributed by atoms with van der Waals surface area (Å²) in [6.07, 6.45) is 4.38. The van der Waals surface area contributed by atoms with E-state index in [0.717, 1.165) is 30.2 Å². The van der Waals surface area contributed by atoms with Crippen LogP contribution in [0.5, 0.6) is 0 Å². The van der Waals surface area contributed by atoms with E-state index >= 15 is 0 Å². The third-order valence-electron chi connectivity index (χ3n) is 3.45. The van der Waals surface area contributed by atoms with Gasteiger partial charge < -0.3 is 5.32 Å². The molecule has 1 aromatic rings. The van der Waals surface area contributed by atoms with Crippen molar-refractivity contribution in [3.05, 3.63) is 33.3 Å². The molecule has 1 aliphatic rings. The average molecular weight is 365 g/mol. The van der Waals surface area contributed by atoms with E-state index in [9.17, 15) is 4.79 Å². The quantitative estimate of drug-likeness (QED) is 0.778. The molecule has 1 saturated carbocycles. The number of hydrogen-bond donors (Lipinski definition) is 1. The van der Waals surface area contributed by atoms with Crippen LogP contribution in [-0.4, -0.2) is 17.8 Å². The Morgan fingerprint density at radius 3 is 2.89 bits per heavy atom. The van der Waals surface area contributed by atoms with Gasteiger partial charge in [0.05, 0.1) is 5.56 Å². The molecule has 5 heteroatoms. The lowest BCUT2D eigenvalue weighted by Crippen LogP contribution is -2.32. The highest BCUT2D eigenvalue weighted by Crippen LogP contribution is 2.27. The van der Waals surface area contributed by atoms with E-state index < -0.39 is 0 Å². The Bertz CT molecular complexity index is 467. The maximum Gasteiger partial charge on any atom is 0.252 e. The van der Waals surface area contributed by atoms with E-state index in [1.54, 1.807) is 18.2 Å². The predicted octanol–water partition coefficient (Wildman–Crippen LogP) is 4.63. The Kier molecular flexibility index (Phi) is 5.55. The Labute approximate surface area is 132 Å². The van der Waals surface area contributed by atoms with Crippen molar-refractivity contribution in [1.82, 2.24) is 5.32 Å². The fourth-order valence-electron chi connectivity index (χ4n) is 2.42. The number of alkyl halides is 1. The first-order valence-electron chi connectivity index (χ1n) is 6.43. The fraction of sp³-hybridized carbons (Fsp3) is 0.500. The van der Waals surface area contributed by atoms with Gasteiger partial charge in [-0.25, -0.2) is 0 Å². The smallest absolute Gasteiger partial charge is 0.252 e. The second kappa shape index (κ2) is 6.96. The van der Waals surface area contributed by atoms with Gasteiger partial charge in [0.1, 0.15) is 0 Å². The fourth-order valence-corrected chi connectivity index (χ4v) is 3.69. The molecule has 0 heterocycles. The summed E-state index contributed by atoms with van der Waals surface area (Å²) in [5.74, 6) is 0.423. The first-order chi connectivity index (χ1) is 9.06. The maximum atomic E-state index is 12.1. The Hall–Kier alpha value is -0.250. The summed E-state index contributed by atoms with van der Waals surface area (Å²) in [5, 5.41) is 3.85. The van der Waals surface area contributed by atoms with Gasteiger partial charge in [-0.1, -0.05) is 18.0 Å². The van der Waals surface area contributed by atoms with Gasteiger partial charge in [-0.15, -0.1) is 11.6 Å². The highest BCUT2D eigenvalue weighted by Gasteiger charge is 2.21. The van der Waals surface area contributed by atoms with Gasteiger partial charge in [0.2, 0.25) is 0 Å². The Morgan fingerprint density at radius 2 is 2.21 bits per heavy atom. The molecule has 1 aliphatic carbocycles. The van der Waals surface area contributed by atoms with Gasteiger partial charge in [0.15, 0.2) is 0 Å². The van der Waals surface area contributed by atoms with Crippen molar-refractivity contribution in [2.24, 2.45) is 5.92 Å². The van der Waals surface area contributed by atoms with E-state index in [4.69, 9.17) is 23.2 Å². The molecule has 104 valence electrons. The summed E-state index contributed by atoms with van der Waals surface area (Å²) >= 11 is 15.4. The molecule has 2 nitrogen and oxygen atoms in total. The van der Waals surface area contributed by atoms with Gasteiger partial charge in [0, 0.05) is 21.4 Å². The topological polar surface area (TPSA) is 29.1 Å². The number of carbonyl (C=O) groups is 1. The summed E-state index contributed by atoms with van der Waals surface area (Å²) in [7, 11) is 0. The second-order valence-corrected chi connectivity index (χ2v) is 6.87. The molecule has 0 bridgehead atoms. The molecule has 1 N–H and O–H groups in total. The van der Waals surface area contributed by atoms with E-state index in [1.807, 2.05) is 0 Å². The molecular formula is C14H16BrCl2NO.